The van der Waals surface area contributed by atoms with Crippen LogP contribution in [0.3, 0.4) is 0 Å². The number of nitrogens with zero attached hydrogens (tertiary/aromatic N) is 3. The van der Waals surface area contributed by atoms with Gasteiger partial charge in [-0.1, -0.05) is 19.3 Å². The van der Waals surface area contributed by atoms with Crippen LogP contribution in [0, 0.1) is 0 Å². The fraction of sp³-hybridized carbons (Fsp3) is 0.611. The van der Waals surface area contributed by atoms with Crippen LogP contribution in [0.4, 0.5) is 13.2 Å². The van der Waals surface area contributed by atoms with E-state index in [0.29, 0.717) is 10.5 Å². The topological polar surface area (TPSA) is 79.7 Å². The molecule has 28 heavy (non-hydrogen) atoms. The third-order valence-corrected chi connectivity index (χ3v) is 5.64. The number of ether oxygens (including phenoxy) is 1. The van der Waals surface area contributed by atoms with Gasteiger partial charge < -0.3 is 14.6 Å². The molecule has 1 aliphatic heterocycles. The van der Waals surface area contributed by atoms with Crippen LogP contribution < -0.4 is 5.56 Å². The summed E-state index contributed by atoms with van der Waals surface area (Å²) < 4.78 is 45.9. The first-order chi connectivity index (χ1) is 13.3. The molecule has 0 aromatic carbocycles. The Bertz CT molecular complexity index is 959. The predicted molar refractivity (Wildman–Crippen MR) is 93.2 cm³/mol. The highest BCUT2D eigenvalue weighted by Gasteiger charge is 2.49. The first kappa shape index (κ1) is 19.0. The minimum atomic E-state index is -4.66. The molecule has 7 nitrogen and oxygen atoms in total. The lowest BCUT2D eigenvalue weighted by Gasteiger charge is -2.28. The number of hydrogen-bond acceptors (Lipinski definition) is 4. The number of fused-ring (bicyclic) bond motifs is 2. The molecule has 1 atom stereocenters. The quantitative estimate of drug-likeness (QED) is 0.859. The van der Waals surface area contributed by atoms with Gasteiger partial charge in [-0.25, -0.2) is 0 Å². The number of carbonyl (C=O) groups excluding carboxylic acids is 1. The third-order valence-electron chi connectivity index (χ3n) is 5.64. The summed E-state index contributed by atoms with van der Waals surface area (Å²) in [6.07, 6.45) is 0.724. The molecule has 1 saturated carbocycles. The average Bonchev–Trinajstić information content (AvgIpc) is 3.23. The molecule has 0 bridgehead atoms. The Kier molecular flexibility index (Phi) is 4.68. The standard InChI is InChI=1S/C18H21F3N4O3/c1-28-9-13(18(19,20)21)24-8-11-15(17(24)27)22-14-7-12(23-25(14)16(11)26)10-5-3-2-4-6-10/h7,10,13,22H,2-6,8-9H2,1H3. The predicted octanol–water partition coefficient (Wildman–Crippen LogP) is 2.60. The summed E-state index contributed by atoms with van der Waals surface area (Å²) in [6, 6.07) is -0.389. The Balaban J connectivity index is 1.71. The minimum absolute atomic E-state index is 0.00106. The molecule has 3 heterocycles. The summed E-state index contributed by atoms with van der Waals surface area (Å²) in [5.74, 6) is -0.589. The van der Waals surface area contributed by atoms with Gasteiger partial charge in [0.2, 0.25) is 0 Å². The Labute approximate surface area is 158 Å². The highest BCUT2D eigenvalue weighted by atomic mass is 19.4. The first-order valence-corrected chi connectivity index (χ1v) is 9.32. The molecule has 2 aromatic heterocycles. The van der Waals surface area contributed by atoms with Gasteiger partial charge >= 0.3 is 6.18 Å². The van der Waals surface area contributed by atoms with E-state index in [0.717, 1.165) is 38.5 Å². The molecule has 1 N–H and O–H groups in total. The van der Waals surface area contributed by atoms with Crippen LogP contribution in [0.1, 0.15) is 59.8 Å². The fourth-order valence-electron chi connectivity index (χ4n) is 4.17. The number of methoxy groups -OCH3 is 1. The van der Waals surface area contributed by atoms with Crippen LogP contribution >= 0.6 is 0 Å². The minimum Gasteiger partial charge on any atom is -0.382 e. The first-order valence-electron chi connectivity index (χ1n) is 9.32. The third kappa shape index (κ3) is 3.09. The molecule has 10 heteroatoms. The summed E-state index contributed by atoms with van der Waals surface area (Å²) in [5, 5.41) is 4.39. The normalized spacial score (nSPS) is 19.4. The van der Waals surface area contributed by atoms with E-state index in [9.17, 15) is 22.8 Å². The second-order valence-corrected chi connectivity index (χ2v) is 7.43. The SMILES string of the molecule is COCC(N1Cc2c([nH]c3cc(C4CCCCC4)nn3c2=O)C1=O)C(F)(F)F. The van der Waals surface area contributed by atoms with Crippen molar-refractivity contribution in [3.63, 3.8) is 0 Å². The van der Waals surface area contributed by atoms with Gasteiger partial charge in [0, 0.05) is 19.1 Å². The van der Waals surface area contributed by atoms with Crippen LogP contribution in [0.5, 0.6) is 0 Å². The molecular formula is C18H21F3N4O3. The zero-order valence-corrected chi connectivity index (χ0v) is 15.4. The van der Waals surface area contributed by atoms with Gasteiger partial charge in [-0.2, -0.15) is 22.8 Å². The summed E-state index contributed by atoms with van der Waals surface area (Å²) in [4.78, 5) is 28.9. The van der Waals surface area contributed by atoms with Crippen LogP contribution in [-0.2, 0) is 11.3 Å². The molecule has 1 amide bonds. The molecular weight excluding hydrogens is 377 g/mol. The molecule has 1 unspecified atom stereocenters. The molecule has 0 spiro atoms. The Morgan fingerprint density at radius 1 is 1.29 bits per heavy atom. The molecule has 2 aromatic rings. The lowest BCUT2D eigenvalue weighted by molar-refractivity contribution is -0.188. The summed E-state index contributed by atoms with van der Waals surface area (Å²) >= 11 is 0. The van der Waals surface area contributed by atoms with Crippen molar-refractivity contribution in [3.05, 3.63) is 33.4 Å². The number of alkyl halides is 3. The van der Waals surface area contributed by atoms with E-state index in [2.05, 4.69) is 14.8 Å². The zero-order chi connectivity index (χ0) is 20.1. The van der Waals surface area contributed by atoms with Crippen LogP contribution in [0.15, 0.2) is 10.9 Å². The Morgan fingerprint density at radius 3 is 2.64 bits per heavy atom. The second-order valence-electron chi connectivity index (χ2n) is 7.43. The largest absolute Gasteiger partial charge is 0.411 e. The number of aromatic amines is 1. The van der Waals surface area contributed by atoms with Crippen molar-refractivity contribution in [2.24, 2.45) is 0 Å². The van der Waals surface area contributed by atoms with Gasteiger partial charge in [0.15, 0.2) is 6.04 Å². The summed E-state index contributed by atoms with van der Waals surface area (Å²) in [6.45, 7) is -1.12. The van der Waals surface area contributed by atoms with E-state index in [1.807, 2.05) is 0 Å². The molecule has 0 radical (unpaired) electrons. The van der Waals surface area contributed by atoms with Crippen molar-refractivity contribution >= 4 is 11.6 Å². The summed E-state index contributed by atoms with van der Waals surface area (Å²) in [7, 11) is 1.14. The van der Waals surface area contributed by atoms with Gasteiger partial charge in [-0.3, -0.25) is 9.59 Å². The lowest BCUT2D eigenvalue weighted by atomic mass is 9.87. The van der Waals surface area contributed by atoms with E-state index in [-0.39, 0.29) is 17.2 Å². The molecule has 1 fully saturated rings. The lowest BCUT2D eigenvalue weighted by Crippen LogP contribution is -2.48. The van der Waals surface area contributed by atoms with Crippen molar-refractivity contribution in [1.82, 2.24) is 19.5 Å². The molecule has 2 aliphatic rings. The molecule has 4 rings (SSSR count). The van der Waals surface area contributed by atoms with Crippen molar-refractivity contribution in [3.8, 4) is 0 Å². The molecule has 1 aliphatic carbocycles. The maximum Gasteiger partial charge on any atom is 0.411 e. The number of amides is 1. The van der Waals surface area contributed by atoms with Gasteiger partial charge in [-0.15, -0.1) is 0 Å². The van der Waals surface area contributed by atoms with Crippen LogP contribution in [0.25, 0.3) is 5.65 Å². The number of H-pyrrole nitrogens is 1. The van der Waals surface area contributed by atoms with Gasteiger partial charge in [0.1, 0.15) is 11.3 Å². The number of carbonyl (C=O) groups is 1. The number of aromatic nitrogens is 3. The van der Waals surface area contributed by atoms with Crippen molar-refractivity contribution < 1.29 is 22.7 Å². The monoisotopic (exact) mass is 398 g/mol. The van der Waals surface area contributed by atoms with E-state index in [4.69, 9.17) is 0 Å². The second kappa shape index (κ2) is 6.91. The van der Waals surface area contributed by atoms with Gasteiger partial charge in [0.25, 0.3) is 11.5 Å². The smallest absolute Gasteiger partial charge is 0.382 e. The zero-order valence-electron chi connectivity index (χ0n) is 15.4. The van der Waals surface area contributed by atoms with Gasteiger partial charge in [-0.05, 0) is 12.8 Å². The highest BCUT2D eigenvalue weighted by Crippen LogP contribution is 2.33. The fourth-order valence-corrected chi connectivity index (χ4v) is 4.17. The highest BCUT2D eigenvalue weighted by molar-refractivity contribution is 5.97. The molecule has 152 valence electrons. The van der Waals surface area contributed by atoms with Crippen molar-refractivity contribution in [1.29, 1.82) is 0 Å². The van der Waals surface area contributed by atoms with E-state index in [1.165, 1.54) is 10.9 Å². The van der Waals surface area contributed by atoms with Crippen LogP contribution in [0.2, 0.25) is 0 Å². The van der Waals surface area contributed by atoms with E-state index in [1.54, 1.807) is 6.07 Å². The summed E-state index contributed by atoms with van der Waals surface area (Å²) in [5.41, 5.74) is 0.461. The Morgan fingerprint density at radius 2 is 2.00 bits per heavy atom. The average molecular weight is 398 g/mol. The van der Waals surface area contributed by atoms with Gasteiger partial charge in [0.05, 0.1) is 24.4 Å². The van der Waals surface area contributed by atoms with Crippen LogP contribution in [-0.4, -0.2) is 51.3 Å². The number of nitrogens with one attached hydrogen (secondary N) is 1. The number of halogens is 3. The van der Waals surface area contributed by atoms with E-state index < -0.39 is 36.8 Å². The maximum absolute atomic E-state index is 13.4. The number of hydrogen-bond donors (Lipinski definition) is 1. The Hall–Kier alpha value is -2.36. The van der Waals surface area contributed by atoms with E-state index >= 15 is 0 Å². The maximum atomic E-state index is 13.4. The molecule has 0 saturated heterocycles. The van der Waals surface area contributed by atoms with Crippen molar-refractivity contribution in [2.75, 3.05) is 13.7 Å². The number of rotatable bonds is 4. The van der Waals surface area contributed by atoms with Crippen molar-refractivity contribution in [2.45, 2.75) is 56.8 Å².